The Balaban J connectivity index is 1.23. The lowest BCUT2D eigenvalue weighted by atomic mass is 10.1. The number of rotatable bonds is 7. The average molecular weight is 429 g/mol. The minimum atomic E-state index is -0.341. The van der Waals surface area contributed by atoms with E-state index in [9.17, 15) is 9.18 Å². The Hall–Kier alpha value is -2.84. The average Bonchev–Trinajstić information content (AvgIpc) is 3.25. The van der Waals surface area contributed by atoms with Gasteiger partial charge in [-0.15, -0.1) is 0 Å². The zero-order valence-electron chi connectivity index (χ0n) is 17.9. The van der Waals surface area contributed by atoms with E-state index in [-0.39, 0.29) is 30.3 Å². The van der Waals surface area contributed by atoms with Crippen LogP contribution in [0.4, 0.5) is 4.39 Å². The minimum Gasteiger partial charge on any atom is -0.494 e. The molecule has 2 aromatic rings. The Kier molecular flexibility index (Phi) is 6.58. The smallest absolute Gasteiger partial charge is 0.237 e. The predicted octanol–water partition coefficient (Wildman–Crippen LogP) is 2.39. The van der Waals surface area contributed by atoms with E-state index in [0.717, 1.165) is 43.1 Å². The Morgan fingerprint density at radius 3 is 2.58 bits per heavy atom. The van der Waals surface area contributed by atoms with Crippen molar-refractivity contribution in [3.05, 3.63) is 53.3 Å². The fourth-order valence-corrected chi connectivity index (χ4v) is 3.93. The fourth-order valence-electron chi connectivity index (χ4n) is 3.93. The van der Waals surface area contributed by atoms with Crippen LogP contribution < -0.4 is 19.5 Å². The number of methoxy groups -OCH3 is 1. The predicted molar refractivity (Wildman–Crippen MR) is 114 cm³/mol. The fraction of sp³-hybridized carbons (Fsp3) is 0.435. The van der Waals surface area contributed by atoms with E-state index in [1.165, 1.54) is 13.2 Å². The molecule has 1 atom stereocenters. The van der Waals surface area contributed by atoms with Crippen molar-refractivity contribution in [1.82, 2.24) is 15.1 Å². The maximum Gasteiger partial charge on any atom is 0.237 e. The lowest BCUT2D eigenvalue weighted by Crippen LogP contribution is -2.53. The third-order valence-corrected chi connectivity index (χ3v) is 5.86. The van der Waals surface area contributed by atoms with Gasteiger partial charge in [0.05, 0.1) is 13.2 Å². The Labute approximate surface area is 181 Å². The number of hydrogen-bond acceptors (Lipinski definition) is 6. The van der Waals surface area contributed by atoms with Crippen LogP contribution in [-0.2, 0) is 17.9 Å². The van der Waals surface area contributed by atoms with Gasteiger partial charge in [-0.3, -0.25) is 14.6 Å². The first kappa shape index (κ1) is 21.4. The lowest BCUT2D eigenvalue weighted by molar-refractivity contribution is -0.126. The molecule has 0 aromatic heterocycles. The van der Waals surface area contributed by atoms with Crippen LogP contribution in [0, 0.1) is 5.82 Å². The van der Waals surface area contributed by atoms with Gasteiger partial charge in [0.15, 0.2) is 23.1 Å². The molecule has 166 valence electrons. The lowest BCUT2D eigenvalue weighted by Gasteiger charge is -2.37. The van der Waals surface area contributed by atoms with Crippen LogP contribution in [0.25, 0.3) is 0 Å². The summed E-state index contributed by atoms with van der Waals surface area (Å²) in [5.41, 5.74) is 1.89. The van der Waals surface area contributed by atoms with Crippen molar-refractivity contribution in [2.24, 2.45) is 0 Å². The van der Waals surface area contributed by atoms with E-state index in [1.54, 1.807) is 6.07 Å². The first-order valence-electron chi connectivity index (χ1n) is 10.5. The van der Waals surface area contributed by atoms with Crippen LogP contribution in [0.1, 0.15) is 18.1 Å². The van der Waals surface area contributed by atoms with Crippen molar-refractivity contribution in [1.29, 1.82) is 0 Å². The number of carbonyl (C=O) groups excluding carboxylic acids is 1. The summed E-state index contributed by atoms with van der Waals surface area (Å²) in [5.74, 6) is 1.37. The van der Waals surface area contributed by atoms with Gasteiger partial charge in [0, 0.05) is 39.3 Å². The van der Waals surface area contributed by atoms with Gasteiger partial charge in [-0.1, -0.05) is 12.1 Å². The van der Waals surface area contributed by atoms with Crippen molar-refractivity contribution in [3.63, 3.8) is 0 Å². The summed E-state index contributed by atoms with van der Waals surface area (Å²) in [6, 6.07) is 10.6. The van der Waals surface area contributed by atoms with Gasteiger partial charge in [0.2, 0.25) is 12.7 Å². The number of ether oxygens (including phenoxy) is 3. The van der Waals surface area contributed by atoms with Crippen LogP contribution in [0.2, 0.25) is 0 Å². The summed E-state index contributed by atoms with van der Waals surface area (Å²) in [6.45, 7) is 6.53. The van der Waals surface area contributed by atoms with Gasteiger partial charge in [-0.25, -0.2) is 4.39 Å². The molecule has 1 fully saturated rings. The molecular weight excluding hydrogens is 401 g/mol. The Bertz CT molecular complexity index is 931. The molecule has 0 saturated carbocycles. The molecule has 31 heavy (non-hydrogen) atoms. The van der Waals surface area contributed by atoms with E-state index in [0.29, 0.717) is 18.8 Å². The van der Waals surface area contributed by atoms with Crippen molar-refractivity contribution >= 4 is 5.91 Å². The van der Waals surface area contributed by atoms with Gasteiger partial charge in [0.25, 0.3) is 0 Å². The highest BCUT2D eigenvalue weighted by molar-refractivity contribution is 5.81. The first-order chi connectivity index (χ1) is 15.0. The van der Waals surface area contributed by atoms with Crippen molar-refractivity contribution < 1.29 is 23.4 Å². The highest BCUT2D eigenvalue weighted by Gasteiger charge is 2.25. The molecule has 2 heterocycles. The van der Waals surface area contributed by atoms with E-state index in [4.69, 9.17) is 14.2 Å². The molecule has 1 unspecified atom stereocenters. The molecule has 1 amide bonds. The minimum absolute atomic E-state index is 0.00309. The number of fused-ring (bicyclic) bond motifs is 1. The SMILES string of the molecule is COc1ccc(CN2CCN(C(C)C(=O)NCc3ccc4c(c3)OCO4)CC2)cc1F. The van der Waals surface area contributed by atoms with Crippen molar-refractivity contribution in [3.8, 4) is 17.2 Å². The molecule has 4 rings (SSSR count). The Morgan fingerprint density at radius 2 is 1.84 bits per heavy atom. The Morgan fingerprint density at radius 1 is 1.10 bits per heavy atom. The summed E-state index contributed by atoms with van der Waals surface area (Å²) in [7, 11) is 1.46. The topological polar surface area (TPSA) is 63.3 Å². The van der Waals surface area contributed by atoms with Crippen LogP contribution >= 0.6 is 0 Å². The molecule has 0 aliphatic carbocycles. The van der Waals surface area contributed by atoms with E-state index >= 15 is 0 Å². The van der Waals surface area contributed by atoms with Crippen LogP contribution in [-0.4, -0.2) is 61.8 Å². The number of nitrogens with zero attached hydrogens (tertiary/aromatic N) is 2. The standard InChI is InChI=1S/C23H28FN3O4/c1-16(23(28)25-13-17-3-6-21-22(12-17)31-15-30-21)27-9-7-26(8-10-27)14-18-4-5-20(29-2)19(24)11-18/h3-6,11-12,16H,7-10,13-15H2,1-2H3,(H,25,28). The van der Waals surface area contributed by atoms with Gasteiger partial charge in [-0.2, -0.15) is 0 Å². The number of hydrogen-bond donors (Lipinski definition) is 1. The third-order valence-electron chi connectivity index (χ3n) is 5.86. The number of nitrogens with one attached hydrogen (secondary N) is 1. The van der Waals surface area contributed by atoms with Gasteiger partial charge >= 0.3 is 0 Å². The monoisotopic (exact) mass is 429 g/mol. The summed E-state index contributed by atoms with van der Waals surface area (Å²) >= 11 is 0. The second-order valence-corrected chi connectivity index (χ2v) is 7.86. The zero-order chi connectivity index (χ0) is 21.8. The first-order valence-corrected chi connectivity index (χ1v) is 10.5. The molecule has 2 aliphatic rings. The molecule has 1 saturated heterocycles. The molecule has 0 radical (unpaired) electrons. The quantitative estimate of drug-likeness (QED) is 0.729. The third kappa shape index (κ3) is 5.08. The highest BCUT2D eigenvalue weighted by atomic mass is 19.1. The molecule has 8 heteroatoms. The number of benzene rings is 2. The molecule has 0 bridgehead atoms. The maximum atomic E-state index is 13.9. The van der Waals surface area contributed by atoms with Crippen molar-refractivity contribution in [2.75, 3.05) is 40.1 Å². The van der Waals surface area contributed by atoms with Gasteiger partial charge in [-0.05, 0) is 42.3 Å². The van der Waals surface area contributed by atoms with E-state index in [2.05, 4.69) is 15.1 Å². The number of amides is 1. The second-order valence-electron chi connectivity index (χ2n) is 7.86. The maximum absolute atomic E-state index is 13.9. The largest absolute Gasteiger partial charge is 0.494 e. The second kappa shape index (κ2) is 9.53. The van der Waals surface area contributed by atoms with E-state index < -0.39 is 0 Å². The molecule has 1 N–H and O–H groups in total. The molecule has 2 aliphatic heterocycles. The molecular formula is C23H28FN3O4. The zero-order valence-corrected chi connectivity index (χ0v) is 17.9. The number of piperazine rings is 1. The van der Waals surface area contributed by atoms with Crippen LogP contribution in [0.3, 0.4) is 0 Å². The van der Waals surface area contributed by atoms with E-state index in [1.807, 2.05) is 31.2 Å². The van der Waals surface area contributed by atoms with Crippen molar-refractivity contribution in [2.45, 2.75) is 26.1 Å². The number of carbonyl (C=O) groups is 1. The van der Waals surface area contributed by atoms with Gasteiger partial charge < -0.3 is 19.5 Å². The summed E-state index contributed by atoms with van der Waals surface area (Å²) in [5, 5.41) is 3.01. The summed E-state index contributed by atoms with van der Waals surface area (Å²) < 4.78 is 29.6. The normalized spacial score (nSPS) is 17.4. The summed E-state index contributed by atoms with van der Waals surface area (Å²) in [6.07, 6.45) is 0. The molecule has 2 aromatic carbocycles. The highest BCUT2D eigenvalue weighted by Crippen LogP contribution is 2.32. The van der Waals surface area contributed by atoms with Crippen LogP contribution in [0.5, 0.6) is 17.2 Å². The number of halogens is 1. The molecule has 7 nitrogen and oxygen atoms in total. The summed E-state index contributed by atoms with van der Waals surface area (Å²) in [4.78, 5) is 17.1. The van der Waals surface area contributed by atoms with Gasteiger partial charge in [0.1, 0.15) is 0 Å². The van der Waals surface area contributed by atoms with Crippen LogP contribution in [0.15, 0.2) is 36.4 Å². The molecule has 0 spiro atoms.